The van der Waals surface area contributed by atoms with Gasteiger partial charge in [0.15, 0.2) is 0 Å². The normalized spacial score (nSPS) is 17.4. The Morgan fingerprint density at radius 2 is 2.00 bits per heavy atom. The van der Waals surface area contributed by atoms with E-state index in [0.717, 1.165) is 18.4 Å². The molecule has 0 aliphatic carbocycles. The van der Waals surface area contributed by atoms with Crippen molar-refractivity contribution in [3.8, 4) is 0 Å². The van der Waals surface area contributed by atoms with E-state index in [1.807, 2.05) is 44.7 Å². The lowest BCUT2D eigenvalue weighted by molar-refractivity contribution is -0.135. The largest absolute Gasteiger partial charge is 0.444 e. The quantitative estimate of drug-likeness (QED) is 0.822. The minimum absolute atomic E-state index is 0.0138. The summed E-state index contributed by atoms with van der Waals surface area (Å²) in [4.78, 5) is 32.8. The van der Waals surface area contributed by atoms with E-state index in [1.54, 1.807) is 17.3 Å². The van der Waals surface area contributed by atoms with E-state index in [4.69, 9.17) is 4.74 Å². The van der Waals surface area contributed by atoms with Crippen molar-refractivity contribution in [3.05, 3.63) is 30.1 Å². The van der Waals surface area contributed by atoms with Gasteiger partial charge in [-0.05, 0) is 64.7 Å². The average Bonchev–Trinajstić information content (AvgIpc) is 3.04. The molecule has 6 nitrogen and oxygen atoms in total. The molecule has 1 aliphatic rings. The van der Waals surface area contributed by atoms with Crippen LogP contribution in [0.1, 0.15) is 46.1 Å². The summed E-state index contributed by atoms with van der Waals surface area (Å²) in [6, 6.07) is 3.51. The Kier molecular flexibility index (Phi) is 6.39. The number of pyridine rings is 1. The highest BCUT2D eigenvalue weighted by Gasteiger charge is 2.38. The van der Waals surface area contributed by atoms with Crippen molar-refractivity contribution >= 4 is 12.0 Å². The molecule has 2 rings (SSSR count). The topological polar surface area (TPSA) is 62.7 Å². The third kappa shape index (κ3) is 5.44. The minimum Gasteiger partial charge on any atom is -0.444 e. The van der Waals surface area contributed by atoms with Crippen LogP contribution >= 0.6 is 0 Å². The first-order chi connectivity index (χ1) is 11.8. The molecule has 0 unspecified atom stereocenters. The highest BCUT2D eigenvalue weighted by Crippen LogP contribution is 2.22. The van der Waals surface area contributed by atoms with Gasteiger partial charge in [-0.3, -0.25) is 14.7 Å². The van der Waals surface area contributed by atoms with E-state index < -0.39 is 17.7 Å². The van der Waals surface area contributed by atoms with E-state index in [9.17, 15) is 9.59 Å². The summed E-state index contributed by atoms with van der Waals surface area (Å²) >= 11 is 0. The van der Waals surface area contributed by atoms with Crippen molar-refractivity contribution in [1.29, 1.82) is 0 Å². The van der Waals surface area contributed by atoms with Crippen LogP contribution in [0.4, 0.5) is 4.79 Å². The van der Waals surface area contributed by atoms with Crippen molar-refractivity contribution < 1.29 is 14.3 Å². The molecule has 0 bridgehead atoms. The number of rotatable bonds is 5. The molecule has 0 aromatic carbocycles. The van der Waals surface area contributed by atoms with Gasteiger partial charge in [0.2, 0.25) is 5.91 Å². The molecule has 1 aromatic heterocycles. The summed E-state index contributed by atoms with van der Waals surface area (Å²) in [5.41, 5.74) is 0.593. The minimum atomic E-state index is -0.556. The smallest absolute Gasteiger partial charge is 0.410 e. The van der Waals surface area contributed by atoms with Gasteiger partial charge in [0.25, 0.3) is 0 Å². The molecular formula is C19H29N3O3. The maximum atomic E-state index is 12.9. The van der Waals surface area contributed by atoms with Crippen molar-refractivity contribution in [1.82, 2.24) is 14.8 Å². The number of carbonyl (C=O) groups is 2. The first-order valence-corrected chi connectivity index (χ1v) is 8.99. The molecule has 2 heterocycles. The van der Waals surface area contributed by atoms with Crippen molar-refractivity contribution in [2.24, 2.45) is 0 Å². The number of carbonyl (C=O) groups excluding carboxylic acids is 2. The first-order valence-electron chi connectivity index (χ1n) is 8.99. The Hall–Kier alpha value is -2.11. The Morgan fingerprint density at radius 1 is 1.32 bits per heavy atom. The van der Waals surface area contributed by atoms with Gasteiger partial charge in [-0.2, -0.15) is 0 Å². The zero-order valence-corrected chi connectivity index (χ0v) is 15.7. The zero-order chi connectivity index (χ0) is 18.4. The van der Waals surface area contributed by atoms with Crippen molar-refractivity contribution in [2.45, 2.75) is 58.6 Å². The first kappa shape index (κ1) is 19.2. The van der Waals surface area contributed by atoms with Gasteiger partial charge in [0.1, 0.15) is 11.6 Å². The molecule has 1 atom stereocenters. The summed E-state index contributed by atoms with van der Waals surface area (Å²) in [6.07, 6.45) is 5.43. The van der Waals surface area contributed by atoms with Gasteiger partial charge in [-0.1, -0.05) is 0 Å². The van der Waals surface area contributed by atoms with Crippen LogP contribution in [0.5, 0.6) is 0 Å². The molecule has 138 valence electrons. The predicted molar refractivity (Wildman–Crippen MR) is 96.2 cm³/mol. The van der Waals surface area contributed by atoms with Crippen LogP contribution in [0, 0.1) is 0 Å². The molecular weight excluding hydrogens is 318 g/mol. The fourth-order valence-electron chi connectivity index (χ4n) is 3.01. The SMILES string of the molecule is CCN(CCc1ccncc1)C(=O)[C@@H]1CCCN1C(=O)OC(C)(C)C. The predicted octanol–water partition coefficient (Wildman–Crippen LogP) is 2.87. The van der Waals surface area contributed by atoms with Gasteiger partial charge in [0, 0.05) is 32.0 Å². The Morgan fingerprint density at radius 3 is 2.60 bits per heavy atom. The van der Waals surface area contributed by atoms with Crippen LogP contribution in [-0.4, -0.2) is 58.1 Å². The van der Waals surface area contributed by atoms with E-state index in [1.165, 1.54) is 0 Å². The standard InChI is InChI=1S/C19H29N3O3/c1-5-21(14-10-15-8-11-20-12-9-15)17(23)16-7-6-13-22(16)18(24)25-19(2,3)4/h8-9,11-12,16H,5-7,10,13-14H2,1-4H3/t16-/m0/s1. The van der Waals surface area contributed by atoms with Crippen LogP contribution < -0.4 is 0 Å². The fraction of sp³-hybridized carbons (Fsp3) is 0.632. The molecule has 1 aliphatic heterocycles. The summed E-state index contributed by atoms with van der Waals surface area (Å²) in [5, 5.41) is 0. The third-order valence-electron chi connectivity index (χ3n) is 4.28. The number of likely N-dealkylation sites (tertiary alicyclic amines) is 1. The molecule has 2 amide bonds. The molecule has 1 saturated heterocycles. The maximum Gasteiger partial charge on any atom is 0.410 e. The van der Waals surface area contributed by atoms with Gasteiger partial charge in [-0.25, -0.2) is 4.79 Å². The number of nitrogens with zero attached hydrogens (tertiary/aromatic N) is 3. The molecule has 0 spiro atoms. The van der Waals surface area contributed by atoms with E-state index in [-0.39, 0.29) is 5.91 Å². The number of amides is 2. The highest BCUT2D eigenvalue weighted by molar-refractivity contribution is 5.86. The number of aromatic nitrogens is 1. The molecule has 0 saturated carbocycles. The van der Waals surface area contributed by atoms with Crippen LogP contribution in [0.25, 0.3) is 0 Å². The lowest BCUT2D eigenvalue weighted by atomic mass is 10.1. The van der Waals surface area contributed by atoms with E-state index >= 15 is 0 Å². The summed E-state index contributed by atoms with van der Waals surface area (Å²) in [5.74, 6) is 0.0138. The summed E-state index contributed by atoms with van der Waals surface area (Å²) < 4.78 is 5.45. The monoisotopic (exact) mass is 347 g/mol. The summed E-state index contributed by atoms with van der Waals surface area (Å²) in [7, 11) is 0. The number of hydrogen-bond acceptors (Lipinski definition) is 4. The van der Waals surface area contributed by atoms with E-state index in [0.29, 0.717) is 26.1 Å². The van der Waals surface area contributed by atoms with Gasteiger partial charge in [-0.15, -0.1) is 0 Å². The van der Waals surface area contributed by atoms with Gasteiger partial charge < -0.3 is 9.64 Å². The van der Waals surface area contributed by atoms with Crippen molar-refractivity contribution in [2.75, 3.05) is 19.6 Å². The second-order valence-electron chi connectivity index (χ2n) is 7.36. The molecule has 1 aromatic rings. The van der Waals surface area contributed by atoms with Crippen LogP contribution in [-0.2, 0) is 16.0 Å². The average molecular weight is 347 g/mol. The second-order valence-corrected chi connectivity index (χ2v) is 7.36. The Labute approximate surface area is 150 Å². The van der Waals surface area contributed by atoms with Crippen LogP contribution in [0.2, 0.25) is 0 Å². The molecule has 6 heteroatoms. The van der Waals surface area contributed by atoms with E-state index in [2.05, 4.69) is 4.98 Å². The van der Waals surface area contributed by atoms with Crippen LogP contribution in [0.15, 0.2) is 24.5 Å². The maximum absolute atomic E-state index is 12.9. The van der Waals surface area contributed by atoms with Gasteiger partial charge >= 0.3 is 6.09 Å². The highest BCUT2D eigenvalue weighted by atomic mass is 16.6. The second kappa shape index (κ2) is 8.32. The Balaban J connectivity index is 1.99. The molecule has 0 radical (unpaired) electrons. The zero-order valence-electron chi connectivity index (χ0n) is 15.7. The lowest BCUT2D eigenvalue weighted by Gasteiger charge is -2.31. The van der Waals surface area contributed by atoms with Gasteiger partial charge in [0.05, 0.1) is 0 Å². The Bertz CT molecular complexity index is 583. The molecule has 25 heavy (non-hydrogen) atoms. The fourth-order valence-corrected chi connectivity index (χ4v) is 3.01. The lowest BCUT2D eigenvalue weighted by Crippen LogP contribution is -2.49. The number of ether oxygens (including phenoxy) is 1. The third-order valence-corrected chi connectivity index (χ3v) is 4.28. The summed E-state index contributed by atoms with van der Waals surface area (Å²) in [6.45, 7) is 9.33. The number of hydrogen-bond donors (Lipinski definition) is 0. The van der Waals surface area contributed by atoms with Crippen molar-refractivity contribution in [3.63, 3.8) is 0 Å². The van der Waals surface area contributed by atoms with Crippen LogP contribution in [0.3, 0.4) is 0 Å². The molecule has 0 N–H and O–H groups in total. The number of likely N-dealkylation sites (N-methyl/N-ethyl adjacent to an activating group) is 1. The molecule has 1 fully saturated rings.